The van der Waals surface area contributed by atoms with Crippen molar-refractivity contribution in [2.75, 3.05) is 52.4 Å². The van der Waals surface area contributed by atoms with Crippen molar-refractivity contribution < 1.29 is 19.1 Å². The highest BCUT2D eigenvalue weighted by Crippen LogP contribution is 2.34. The molecule has 0 aromatic heterocycles. The molecule has 1 unspecified atom stereocenters. The minimum Gasteiger partial charge on any atom is -0.463 e. The van der Waals surface area contributed by atoms with Crippen LogP contribution in [-0.2, 0) is 9.53 Å². The number of benzene rings is 1. The monoisotopic (exact) mass is 485 g/mol. The Hall–Kier alpha value is -3.07. The summed E-state index contributed by atoms with van der Waals surface area (Å²) in [7, 11) is 0. The number of amides is 4. The van der Waals surface area contributed by atoms with Gasteiger partial charge in [0, 0.05) is 51.5 Å². The van der Waals surface area contributed by atoms with Crippen LogP contribution >= 0.6 is 0 Å². The molecular weight excluding hydrogens is 446 g/mol. The molecule has 0 aliphatic carbocycles. The molecule has 2 N–H and O–H groups in total. The van der Waals surface area contributed by atoms with E-state index in [1.165, 1.54) is 0 Å². The maximum atomic E-state index is 13.3. The van der Waals surface area contributed by atoms with Gasteiger partial charge in [-0.05, 0) is 52.2 Å². The van der Waals surface area contributed by atoms with E-state index in [0.717, 1.165) is 29.7 Å². The highest BCUT2D eigenvalue weighted by atomic mass is 16.5. The van der Waals surface area contributed by atoms with Crippen molar-refractivity contribution in [2.24, 2.45) is 0 Å². The number of rotatable bonds is 7. The first-order valence-electron chi connectivity index (χ1n) is 12.6. The molecule has 2 aliphatic rings. The Labute approximate surface area is 208 Å². The van der Waals surface area contributed by atoms with Crippen LogP contribution in [0, 0.1) is 13.8 Å². The van der Waals surface area contributed by atoms with Gasteiger partial charge in [0.1, 0.15) is 0 Å². The molecule has 0 saturated carbocycles. The van der Waals surface area contributed by atoms with E-state index in [1.807, 2.05) is 50.8 Å². The fourth-order valence-corrected chi connectivity index (χ4v) is 4.77. The Morgan fingerprint density at radius 2 is 1.89 bits per heavy atom. The minimum atomic E-state index is -0.585. The van der Waals surface area contributed by atoms with E-state index in [-0.39, 0.29) is 18.7 Å². The number of esters is 1. The number of urea groups is 2. The van der Waals surface area contributed by atoms with Crippen LogP contribution in [0.3, 0.4) is 0 Å². The molecule has 1 aromatic rings. The summed E-state index contributed by atoms with van der Waals surface area (Å²) >= 11 is 0. The third kappa shape index (κ3) is 6.14. The number of nitrogens with zero attached hydrogens (tertiary/aromatic N) is 3. The third-order valence-electron chi connectivity index (χ3n) is 6.57. The second-order valence-corrected chi connectivity index (χ2v) is 9.02. The SMILES string of the molecule is CCNC(=O)N1CCCN(CC2=C(C(=O)OCC)C(c3cc(C)ccc3C)NC(=O)N2CC)CC1. The van der Waals surface area contributed by atoms with Crippen molar-refractivity contribution in [3.63, 3.8) is 0 Å². The van der Waals surface area contributed by atoms with E-state index in [0.29, 0.717) is 50.5 Å². The Kier molecular flexibility index (Phi) is 9.14. The van der Waals surface area contributed by atoms with Crippen molar-refractivity contribution >= 4 is 18.0 Å². The highest BCUT2D eigenvalue weighted by Gasteiger charge is 2.39. The van der Waals surface area contributed by atoms with Crippen LogP contribution in [0.4, 0.5) is 9.59 Å². The lowest BCUT2D eigenvalue weighted by Gasteiger charge is -2.38. The maximum Gasteiger partial charge on any atom is 0.338 e. The Morgan fingerprint density at radius 3 is 2.57 bits per heavy atom. The summed E-state index contributed by atoms with van der Waals surface area (Å²) in [6.07, 6.45) is 0.817. The van der Waals surface area contributed by atoms with Gasteiger partial charge in [-0.15, -0.1) is 0 Å². The quantitative estimate of drug-likeness (QED) is 0.579. The zero-order chi connectivity index (χ0) is 25.5. The van der Waals surface area contributed by atoms with Crippen LogP contribution in [0.2, 0.25) is 0 Å². The Bertz CT molecular complexity index is 976. The van der Waals surface area contributed by atoms with Crippen LogP contribution in [-0.4, -0.2) is 85.2 Å². The molecule has 192 valence electrons. The lowest BCUT2D eigenvalue weighted by Crippen LogP contribution is -2.51. The lowest BCUT2D eigenvalue weighted by atomic mass is 9.90. The fraction of sp³-hybridized carbons (Fsp3) is 0.577. The molecule has 1 atom stereocenters. The average molecular weight is 486 g/mol. The van der Waals surface area contributed by atoms with Crippen molar-refractivity contribution in [3.8, 4) is 0 Å². The second-order valence-electron chi connectivity index (χ2n) is 9.02. The van der Waals surface area contributed by atoms with Crippen molar-refractivity contribution in [3.05, 3.63) is 46.2 Å². The van der Waals surface area contributed by atoms with Gasteiger partial charge in [-0.3, -0.25) is 9.80 Å². The highest BCUT2D eigenvalue weighted by molar-refractivity contribution is 5.95. The van der Waals surface area contributed by atoms with E-state index in [9.17, 15) is 14.4 Å². The predicted octanol–water partition coefficient (Wildman–Crippen LogP) is 2.94. The van der Waals surface area contributed by atoms with Crippen molar-refractivity contribution in [2.45, 2.75) is 47.1 Å². The number of nitrogens with one attached hydrogen (secondary N) is 2. The predicted molar refractivity (Wildman–Crippen MR) is 135 cm³/mol. The number of carbonyl (C=O) groups is 3. The summed E-state index contributed by atoms with van der Waals surface area (Å²) in [6, 6.07) is 5.19. The van der Waals surface area contributed by atoms with Crippen LogP contribution in [0.15, 0.2) is 29.5 Å². The van der Waals surface area contributed by atoms with Gasteiger partial charge in [-0.1, -0.05) is 23.8 Å². The van der Waals surface area contributed by atoms with Gasteiger partial charge in [0.15, 0.2) is 0 Å². The molecule has 4 amide bonds. The molecule has 2 aliphatic heterocycles. The number of likely N-dealkylation sites (N-methyl/N-ethyl adjacent to an activating group) is 1. The van der Waals surface area contributed by atoms with E-state index >= 15 is 0 Å². The van der Waals surface area contributed by atoms with E-state index < -0.39 is 12.0 Å². The first kappa shape index (κ1) is 26.5. The number of hydrogen-bond donors (Lipinski definition) is 2. The van der Waals surface area contributed by atoms with Gasteiger partial charge in [0.05, 0.1) is 18.2 Å². The van der Waals surface area contributed by atoms with E-state index in [4.69, 9.17) is 4.74 Å². The minimum absolute atomic E-state index is 0.0528. The number of ether oxygens (including phenoxy) is 1. The summed E-state index contributed by atoms with van der Waals surface area (Å²) in [5.41, 5.74) is 4.10. The molecule has 9 heteroatoms. The third-order valence-corrected chi connectivity index (χ3v) is 6.57. The molecule has 2 heterocycles. The van der Waals surface area contributed by atoms with Gasteiger partial charge < -0.3 is 20.3 Å². The molecule has 0 radical (unpaired) electrons. The topological polar surface area (TPSA) is 94.2 Å². The van der Waals surface area contributed by atoms with E-state index in [2.05, 4.69) is 15.5 Å². The first-order valence-corrected chi connectivity index (χ1v) is 12.6. The molecule has 35 heavy (non-hydrogen) atoms. The second kappa shape index (κ2) is 12.1. The van der Waals surface area contributed by atoms with Crippen LogP contribution in [0.25, 0.3) is 0 Å². The largest absolute Gasteiger partial charge is 0.463 e. The molecular formula is C26H39N5O4. The number of aryl methyl sites for hydroxylation is 2. The van der Waals surface area contributed by atoms with Gasteiger partial charge in [0.25, 0.3) is 0 Å². The number of carbonyl (C=O) groups excluding carboxylic acids is 3. The van der Waals surface area contributed by atoms with Crippen LogP contribution in [0.1, 0.15) is 49.9 Å². The number of hydrogen-bond acceptors (Lipinski definition) is 5. The van der Waals surface area contributed by atoms with Gasteiger partial charge in [-0.25, -0.2) is 14.4 Å². The molecule has 9 nitrogen and oxygen atoms in total. The molecule has 1 fully saturated rings. The zero-order valence-corrected chi connectivity index (χ0v) is 21.6. The average Bonchev–Trinajstić information content (AvgIpc) is 3.06. The summed E-state index contributed by atoms with van der Waals surface area (Å²) in [5, 5.41) is 5.92. The molecule has 1 aromatic carbocycles. The Balaban J connectivity index is 2.00. The van der Waals surface area contributed by atoms with Crippen LogP contribution in [0.5, 0.6) is 0 Å². The van der Waals surface area contributed by atoms with Gasteiger partial charge in [-0.2, -0.15) is 0 Å². The fourth-order valence-electron chi connectivity index (χ4n) is 4.77. The van der Waals surface area contributed by atoms with Crippen molar-refractivity contribution in [1.29, 1.82) is 0 Å². The normalized spacial score (nSPS) is 19.3. The summed E-state index contributed by atoms with van der Waals surface area (Å²) in [4.78, 5) is 44.6. The summed E-state index contributed by atoms with van der Waals surface area (Å²) in [5.74, 6) is -0.411. The summed E-state index contributed by atoms with van der Waals surface area (Å²) in [6.45, 7) is 14.0. The van der Waals surface area contributed by atoms with Gasteiger partial charge in [0.2, 0.25) is 0 Å². The Morgan fingerprint density at radius 1 is 1.11 bits per heavy atom. The zero-order valence-electron chi connectivity index (χ0n) is 21.6. The molecule has 0 spiro atoms. The lowest BCUT2D eigenvalue weighted by molar-refractivity contribution is -0.139. The molecule has 1 saturated heterocycles. The molecule has 3 rings (SSSR count). The van der Waals surface area contributed by atoms with E-state index in [1.54, 1.807) is 11.8 Å². The maximum absolute atomic E-state index is 13.3. The van der Waals surface area contributed by atoms with Crippen LogP contribution < -0.4 is 10.6 Å². The molecule has 0 bridgehead atoms. The summed E-state index contributed by atoms with van der Waals surface area (Å²) < 4.78 is 5.50. The standard InChI is InChI=1S/C26H39N5O4/c1-6-27-25(33)30-13-9-12-29(14-15-30)17-21-22(24(32)35-8-3)23(28-26(34)31(21)7-2)20-16-18(4)10-11-19(20)5/h10-11,16,23H,6-9,12-15,17H2,1-5H3,(H,27,33)(H,28,34). The van der Waals surface area contributed by atoms with Gasteiger partial charge >= 0.3 is 18.0 Å². The first-order chi connectivity index (χ1) is 16.8. The smallest absolute Gasteiger partial charge is 0.338 e. The van der Waals surface area contributed by atoms with Crippen molar-refractivity contribution in [1.82, 2.24) is 25.3 Å².